The maximum Gasteiger partial charge on any atom is 0.279 e. The van der Waals surface area contributed by atoms with Crippen molar-refractivity contribution in [3.63, 3.8) is 0 Å². The molecule has 0 spiro atoms. The molecule has 148 valence electrons. The maximum atomic E-state index is 12.8. The normalized spacial score (nSPS) is 16.4. The lowest BCUT2D eigenvalue weighted by Gasteiger charge is -2.20. The van der Waals surface area contributed by atoms with Crippen molar-refractivity contribution in [3.05, 3.63) is 59.1 Å². The van der Waals surface area contributed by atoms with Crippen LogP contribution in [0.4, 0.5) is 17.2 Å². The van der Waals surface area contributed by atoms with E-state index < -0.39 is 0 Å². The zero-order chi connectivity index (χ0) is 19.8. The number of nitrogens with one attached hydrogen (secondary N) is 2. The number of fused-ring (bicyclic) bond motifs is 2. The van der Waals surface area contributed by atoms with Crippen molar-refractivity contribution in [2.75, 3.05) is 36.4 Å². The third-order valence-corrected chi connectivity index (χ3v) is 6.15. The summed E-state index contributed by atoms with van der Waals surface area (Å²) >= 11 is 6.22. The number of anilines is 3. The molecule has 1 amide bonds. The molecule has 0 unspecified atom stereocenters. The minimum atomic E-state index is 0.0849. The molecule has 2 aliphatic heterocycles. The Balaban J connectivity index is 1.54. The number of aromatic nitrogens is 1. The van der Waals surface area contributed by atoms with Gasteiger partial charge in [-0.05, 0) is 30.7 Å². The van der Waals surface area contributed by atoms with Gasteiger partial charge >= 0.3 is 0 Å². The van der Waals surface area contributed by atoms with Gasteiger partial charge in [-0.25, -0.2) is 4.98 Å². The molecular formula is C23H24ClN4O+. The number of rotatable bonds is 4. The first-order chi connectivity index (χ1) is 14.2. The summed E-state index contributed by atoms with van der Waals surface area (Å²) in [4.78, 5) is 21.3. The van der Waals surface area contributed by atoms with Crippen LogP contribution in [-0.2, 0) is 11.2 Å². The molecule has 29 heavy (non-hydrogen) atoms. The third-order valence-electron chi connectivity index (χ3n) is 5.92. The number of carbonyl (C=O) groups is 1. The minimum Gasteiger partial charge on any atom is -0.327 e. The van der Waals surface area contributed by atoms with Gasteiger partial charge in [-0.1, -0.05) is 35.9 Å². The van der Waals surface area contributed by atoms with E-state index in [1.165, 1.54) is 17.7 Å². The molecule has 3 aromatic rings. The van der Waals surface area contributed by atoms with Crippen molar-refractivity contribution >= 4 is 45.6 Å². The number of hydrogen-bond donors (Lipinski definition) is 2. The van der Waals surface area contributed by atoms with E-state index in [0.29, 0.717) is 11.6 Å². The Bertz CT molecular complexity index is 1080. The fraction of sp³-hybridized carbons (Fsp3) is 0.304. The molecule has 1 fully saturated rings. The monoisotopic (exact) mass is 407 g/mol. The Kier molecular flexibility index (Phi) is 4.86. The second-order valence-electron chi connectivity index (χ2n) is 7.87. The molecule has 5 nitrogen and oxygen atoms in total. The topological polar surface area (TPSA) is 49.7 Å². The molecule has 2 N–H and O–H groups in total. The molecule has 0 bridgehead atoms. The predicted octanol–water partition coefficient (Wildman–Crippen LogP) is 3.20. The average molecular weight is 408 g/mol. The molecule has 0 aliphatic carbocycles. The van der Waals surface area contributed by atoms with Gasteiger partial charge in [-0.15, -0.1) is 0 Å². The van der Waals surface area contributed by atoms with Crippen molar-refractivity contribution in [1.82, 2.24) is 4.98 Å². The van der Waals surface area contributed by atoms with E-state index in [1.54, 1.807) is 0 Å². The number of quaternary nitrogens is 1. The van der Waals surface area contributed by atoms with E-state index in [2.05, 4.69) is 10.2 Å². The van der Waals surface area contributed by atoms with E-state index in [9.17, 15) is 4.79 Å². The fourth-order valence-corrected chi connectivity index (χ4v) is 4.71. The average Bonchev–Trinajstić information content (AvgIpc) is 3.37. The second kappa shape index (κ2) is 7.65. The quantitative estimate of drug-likeness (QED) is 0.698. The van der Waals surface area contributed by atoms with Crippen LogP contribution in [0.5, 0.6) is 0 Å². The van der Waals surface area contributed by atoms with Crippen LogP contribution < -0.4 is 15.1 Å². The van der Waals surface area contributed by atoms with Crippen LogP contribution in [0.2, 0.25) is 5.02 Å². The number of para-hydroxylation sites is 1. The van der Waals surface area contributed by atoms with Crippen LogP contribution in [0.15, 0.2) is 48.5 Å². The van der Waals surface area contributed by atoms with Crippen LogP contribution in [-0.4, -0.2) is 37.1 Å². The van der Waals surface area contributed by atoms with Crippen LogP contribution in [0, 0.1) is 0 Å². The van der Waals surface area contributed by atoms with Gasteiger partial charge in [-0.3, -0.25) is 4.79 Å². The van der Waals surface area contributed by atoms with Crippen molar-refractivity contribution in [2.24, 2.45) is 0 Å². The fourth-order valence-electron chi connectivity index (χ4n) is 4.53. The van der Waals surface area contributed by atoms with Crippen LogP contribution in [0.1, 0.15) is 18.4 Å². The lowest BCUT2D eigenvalue weighted by molar-refractivity contribution is -0.878. The predicted molar refractivity (Wildman–Crippen MR) is 117 cm³/mol. The molecule has 0 saturated carbocycles. The zero-order valence-corrected chi connectivity index (χ0v) is 17.0. The van der Waals surface area contributed by atoms with Crippen molar-refractivity contribution < 1.29 is 9.69 Å². The lowest BCUT2D eigenvalue weighted by atomic mass is 10.1. The van der Waals surface area contributed by atoms with Gasteiger partial charge in [0.15, 0.2) is 6.54 Å². The van der Waals surface area contributed by atoms with Crippen LogP contribution in [0.3, 0.4) is 0 Å². The molecule has 0 radical (unpaired) electrons. The summed E-state index contributed by atoms with van der Waals surface area (Å²) in [5, 5.41) is 4.95. The highest BCUT2D eigenvalue weighted by atomic mass is 35.5. The Hall–Kier alpha value is -2.63. The molecule has 2 aliphatic rings. The van der Waals surface area contributed by atoms with Gasteiger partial charge < -0.3 is 15.1 Å². The van der Waals surface area contributed by atoms with Gasteiger partial charge in [0, 0.05) is 41.0 Å². The van der Waals surface area contributed by atoms with E-state index in [0.717, 1.165) is 59.7 Å². The molecule has 1 saturated heterocycles. The smallest absolute Gasteiger partial charge is 0.279 e. The summed E-state index contributed by atoms with van der Waals surface area (Å²) in [6.07, 6.45) is 3.27. The Morgan fingerprint density at radius 2 is 1.97 bits per heavy atom. The Morgan fingerprint density at radius 1 is 1.14 bits per heavy atom. The summed E-state index contributed by atoms with van der Waals surface area (Å²) in [6, 6.07) is 15.9. The molecule has 6 heteroatoms. The number of carbonyl (C=O) groups excluding carboxylic acids is 1. The van der Waals surface area contributed by atoms with Crippen molar-refractivity contribution in [2.45, 2.75) is 19.3 Å². The number of benzene rings is 2. The Morgan fingerprint density at radius 3 is 2.79 bits per heavy atom. The van der Waals surface area contributed by atoms with E-state index in [4.69, 9.17) is 16.6 Å². The number of likely N-dealkylation sites (tertiary alicyclic amines) is 1. The highest BCUT2D eigenvalue weighted by Gasteiger charge is 2.28. The highest BCUT2D eigenvalue weighted by molar-refractivity contribution is 6.30. The van der Waals surface area contributed by atoms with E-state index >= 15 is 0 Å². The number of nitrogens with zero attached hydrogens (tertiary/aromatic N) is 2. The van der Waals surface area contributed by atoms with Gasteiger partial charge in [0.1, 0.15) is 5.82 Å². The number of pyridine rings is 1. The van der Waals surface area contributed by atoms with Crippen LogP contribution >= 0.6 is 11.6 Å². The van der Waals surface area contributed by atoms with Gasteiger partial charge in [-0.2, -0.15) is 0 Å². The molecule has 3 heterocycles. The first kappa shape index (κ1) is 18.4. The first-order valence-corrected chi connectivity index (χ1v) is 10.6. The second-order valence-corrected chi connectivity index (χ2v) is 8.31. The van der Waals surface area contributed by atoms with Crippen LogP contribution in [0.25, 0.3) is 10.9 Å². The number of amides is 1. The largest absolute Gasteiger partial charge is 0.327 e. The molecule has 5 rings (SSSR count). The maximum absolute atomic E-state index is 12.8. The van der Waals surface area contributed by atoms with Gasteiger partial charge in [0.25, 0.3) is 5.91 Å². The van der Waals surface area contributed by atoms with Crippen molar-refractivity contribution in [1.29, 1.82) is 0 Å². The molecule has 0 atom stereocenters. The summed E-state index contributed by atoms with van der Waals surface area (Å²) < 4.78 is 0. The number of hydrogen-bond acceptors (Lipinski definition) is 3. The van der Waals surface area contributed by atoms with E-state index in [1.807, 2.05) is 48.5 Å². The molecule has 1 aromatic heterocycles. The summed E-state index contributed by atoms with van der Waals surface area (Å²) in [6.45, 7) is 3.53. The van der Waals surface area contributed by atoms with Gasteiger partial charge in [0.05, 0.1) is 24.3 Å². The third kappa shape index (κ3) is 3.56. The summed E-state index contributed by atoms with van der Waals surface area (Å²) in [5.41, 5.74) is 3.94. The lowest BCUT2D eigenvalue weighted by Crippen LogP contribution is -3.11. The first-order valence-electron chi connectivity index (χ1n) is 10.3. The minimum absolute atomic E-state index is 0.0849. The Labute approximate surface area is 175 Å². The van der Waals surface area contributed by atoms with E-state index in [-0.39, 0.29) is 5.91 Å². The standard InChI is InChI=1S/C23H23ClN4O/c24-16-6-5-7-17(14-16)28-13-10-19-22(26-21(29)15-27-11-3-4-12-27)18-8-1-2-9-20(18)25-23(19)28/h1-2,5-9,14H,3-4,10-13,15H2,(H,25,26,29)/p+1. The zero-order valence-electron chi connectivity index (χ0n) is 16.2. The number of halogens is 1. The summed E-state index contributed by atoms with van der Waals surface area (Å²) in [7, 11) is 0. The van der Waals surface area contributed by atoms with Crippen molar-refractivity contribution in [3.8, 4) is 0 Å². The highest BCUT2D eigenvalue weighted by Crippen LogP contribution is 2.41. The van der Waals surface area contributed by atoms with Gasteiger partial charge in [0.2, 0.25) is 0 Å². The SMILES string of the molecule is O=C(C[NH+]1CCCC1)Nc1c2c(nc3ccccc13)N(c1cccc(Cl)c1)CC2. The molecule has 2 aromatic carbocycles. The summed E-state index contributed by atoms with van der Waals surface area (Å²) in [5.74, 6) is 0.997. The molecular weight excluding hydrogens is 384 g/mol.